The summed E-state index contributed by atoms with van der Waals surface area (Å²) in [6.07, 6.45) is 3.69. The average molecular weight is 422 g/mol. The van der Waals surface area contributed by atoms with E-state index in [9.17, 15) is 4.79 Å². The fraction of sp³-hybridized carbons (Fsp3) is 0.375. The molecule has 0 saturated heterocycles. The molecule has 0 aliphatic heterocycles. The molecular formula is C24H27N3O2S. The molecule has 2 aromatic heterocycles. The van der Waals surface area contributed by atoms with E-state index in [1.165, 1.54) is 22.9 Å². The minimum absolute atomic E-state index is 0.0161. The summed E-state index contributed by atoms with van der Waals surface area (Å²) in [7, 11) is 0. The largest absolute Gasteiger partial charge is 0.361 e. The van der Waals surface area contributed by atoms with Crippen molar-refractivity contribution < 1.29 is 9.32 Å². The van der Waals surface area contributed by atoms with E-state index < -0.39 is 0 Å². The Labute approximate surface area is 181 Å². The Morgan fingerprint density at radius 2 is 2.03 bits per heavy atom. The summed E-state index contributed by atoms with van der Waals surface area (Å²) < 4.78 is 5.25. The number of rotatable bonds is 5. The van der Waals surface area contributed by atoms with Gasteiger partial charge in [-0.25, -0.2) is 4.98 Å². The molecule has 5 nitrogen and oxygen atoms in total. The first-order chi connectivity index (χ1) is 14.4. The van der Waals surface area contributed by atoms with Crippen LogP contribution in [0.4, 0.5) is 0 Å². The number of hydrogen-bond acceptors (Lipinski definition) is 5. The number of aryl methyl sites for hydroxylation is 2. The molecule has 156 valence electrons. The summed E-state index contributed by atoms with van der Waals surface area (Å²) in [5, 5.41) is 7.99. The molecule has 1 aliphatic carbocycles. The molecule has 0 fully saturated rings. The summed E-state index contributed by atoms with van der Waals surface area (Å²) >= 11 is 1.54. The van der Waals surface area contributed by atoms with Gasteiger partial charge >= 0.3 is 0 Å². The second kappa shape index (κ2) is 8.26. The minimum atomic E-state index is -0.0797. The lowest BCUT2D eigenvalue weighted by atomic mass is 9.71. The number of fused-ring (bicyclic) bond motifs is 1. The van der Waals surface area contributed by atoms with Gasteiger partial charge in [-0.3, -0.25) is 4.79 Å². The van der Waals surface area contributed by atoms with E-state index in [2.05, 4.69) is 47.5 Å². The molecule has 30 heavy (non-hydrogen) atoms. The highest BCUT2D eigenvalue weighted by atomic mass is 32.2. The van der Waals surface area contributed by atoms with Crippen molar-refractivity contribution in [2.45, 2.75) is 62.8 Å². The summed E-state index contributed by atoms with van der Waals surface area (Å²) in [6.45, 7) is 8.38. The highest BCUT2D eigenvalue weighted by Gasteiger charge is 2.33. The van der Waals surface area contributed by atoms with Crippen LogP contribution in [0.5, 0.6) is 0 Å². The van der Waals surface area contributed by atoms with Gasteiger partial charge in [0.2, 0.25) is 0 Å². The first kappa shape index (κ1) is 20.7. The van der Waals surface area contributed by atoms with Crippen LogP contribution in [0.25, 0.3) is 0 Å². The standard InChI is InChI=1S/C24H27N3O2S/c1-15-19(16(2)29-27-15)14-30-23-18(9-7-13-25-23)22(28)26-21-11-12-24(3,4)20-10-6-5-8-17(20)21/h5-10,13,21H,11-12,14H2,1-4H3,(H,26,28)/t21-/m1/s1. The van der Waals surface area contributed by atoms with Crippen molar-refractivity contribution in [1.29, 1.82) is 0 Å². The molecule has 0 spiro atoms. The maximum Gasteiger partial charge on any atom is 0.254 e. The normalized spacial score (nSPS) is 17.4. The molecule has 1 atom stereocenters. The number of amides is 1. The van der Waals surface area contributed by atoms with Crippen molar-refractivity contribution in [1.82, 2.24) is 15.5 Å². The Morgan fingerprint density at radius 3 is 2.80 bits per heavy atom. The predicted octanol–water partition coefficient (Wildman–Crippen LogP) is 5.52. The Kier molecular flexibility index (Phi) is 5.69. The molecule has 0 bridgehead atoms. The number of thioether (sulfide) groups is 1. The van der Waals surface area contributed by atoms with E-state index in [4.69, 9.17) is 4.52 Å². The van der Waals surface area contributed by atoms with E-state index in [0.29, 0.717) is 11.3 Å². The van der Waals surface area contributed by atoms with Crippen LogP contribution in [0.15, 0.2) is 52.1 Å². The molecular weight excluding hydrogens is 394 g/mol. The maximum atomic E-state index is 13.2. The van der Waals surface area contributed by atoms with Gasteiger partial charge < -0.3 is 9.84 Å². The van der Waals surface area contributed by atoms with Crippen LogP contribution in [0.1, 0.15) is 71.2 Å². The highest BCUT2D eigenvalue weighted by molar-refractivity contribution is 7.98. The van der Waals surface area contributed by atoms with Gasteiger partial charge in [-0.15, -0.1) is 11.8 Å². The smallest absolute Gasteiger partial charge is 0.254 e. The number of carbonyl (C=O) groups excluding carboxylic acids is 1. The quantitative estimate of drug-likeness (QED) is 0.549. The van der Waals surface area contributed by atoms with Gasteiger partial charge in [0.15, 0.2) is 0 Å². The van der Waals surface area contributed by atoms with Crippen molar-refractivity contribution in [3.05, 3.63) is 76.3 Å². The third kappa shape index (κ3) is 4.01. The number of hydrogen-bond donors (Lipinski definition) is 1. The van der Waals surface area contributed by atoms with E-state index in [1.807, 2.05) is 32.0 Å². The SMILES string of the molecule is Cc1noc(C)c1CSc1ncccc1C(=O)N[C@@H]1CCC(C)(C)c2ccccc21. The molecule has 1 aliphatic rings. The fourth-order valence-electron chi connectivity index (χ4n) is 4.13. The van der Waals surface area contributed by atoms with Crippen molar-refractivity contribution in [2.75, 3.05) is 0 Å². The number of carbonyl (C=O) groups is 1. The van der Waals surface area contributed by atoms with Gasteiger partial charge in [0.25, 0.3) is 5.91 Å². The second-order valence-corrected chi connectivity index (χ2v) is 9.45. The number of benzene rings is 1. The van der Waals surface area contributed by atoms with Crippen molar-refractivity contribution >= 4 is 17.7 Å². The summed E-state index contributed by atoms with van der Waals surface area (Å²) in [5.74, 6) is 1.39. The lowest BCUT2D eigenvalue weighted by Gasteiger charge is -2.37. The number of pyridine rings is 1. The zero-order chi connectivity index (χ0) is 21.3. The lowest BCUT2D eigenvalue weighted by Crippen LogP contribution is -2.36. The molecule has 2 heterocycles. The first-order valence-corrected chi connectivity index (χ1v) is 11.3. The topological polar surface area (TPSA) is 68.0 Å². The second-order valence-electron chi connectivity index (χ2n) is 8.48. The number of aromatic nitrogens is 2. The van der Waals surface area contributed by atoms with Crippen LogP contribution in [-0.4, -0.2) is 16.0 Å². The Bertz CT molecular complexity index is 1050. The predicted molar refractivity (Wildman–Crippen MR) is 119 cm³/mol. The molecule has 1 N–H and O–H groups in total. The molecule has 0 radical (unpaired) electrons. The lowest BCUT2D eigenvalue weighted by molar-refractivity contribution is 0.0925. The van der Waals surface area contributed by atoms with Gasteiger partial charge in [0, 0.05) is 17.5 Å². The summed E-state index contributed by atoms with van der Waals surface area (Å²) in [6, 6.07) is 12.1. The average Bonchev–Trinajstić information content (AvgIpc) is 3.06. The molecule has 0 unspecified atom stereocenters. The zero-order valence-electron chi connectivity index (χ0n) is 17.9. The van der Waals surface area contributed by atoms with E-state index in [-0.39, 0.29) is 17.4 Å². The molecule has 1 amide bonds. The zero-order valence-corrected chi connectivity index (χ0v) is 18.7. The van der Waals surface area contributed by atoms with E-state index in [0.717, 1.165) is 34.9 Å². The Hall–Kier alpha value is -2.60. The number of nitrogens with one attached hydrogen (secondary N) is 1. The minimum Gasteiger partial charge on any atom is -0.361 e. The van der Waals surface area contributed by atoms with Crippen molar-refractivity contribution in [2.24, 2.45) is 0 Å². The maximum absolute atomic E-state index is 13.2. The highest BCUT2D eigenvalue weighted by Crippen LogP contribution is 2.41. The van der Waals surface area contributed by atoms with Gasteiger partial charge in [0.05, 0.1) is 17.3 Å². The van der Waals surface area contributed by atoms with Crippen LogP contribution in [0.3, 0.4) is 0 Å². The fourth-order valence-corrected chi connectivity index (χ4v) is 5.27. The number of nitrogens with zero attached hydrogens (tertiary/aromatic N) is 2. The Balaban J connectivity index is 1.54. The van der Waals surface area contributed by atoms with Crippen LogP contribution in [0, 0.1) is 13.8 Å². The van der Waals surface area contributed by atoms with Gasteiger partial charge in [0.1, 0.15) is 10.8 Å². The van der Waals surface area contributed by atoms with Gasteiger partial charge in [-0.05, 0) is 55.4 Å². The summed E-state index contributed by atoms with van der Waals surface area (Å²) in [4.78, 5) is 17.7. The molecule has 1 aromatic carbocycles. The van der Waals surface area contributed by atoms with Crippen LogP contribution in [-0.2, 0) is 11.2 Å². The molecule has 4 rings (SSSR count). The van der Waals surface area contributed by atoms with Gasteiger partial charge in [-0.2, -0.15) is 0 Å². The van der Waals surface area contributed by atoms with Crippen molar-refractivity contribution in [3.8, 4) is 0 Å². The van der Waals surface area contributed by atoms with Crippen LogP contribution in [0.2, 0.25) is 0 Å². The van der Waals surface area contributed by atoms with Gasteiger partial charge in [-0.1, -0.05) is 43.3 Å². The summed E-state index contributed by atoms with van der Waals surface area (Å²) in [5.41, 5.74) is 5.21. The first-order valence-electron chi connectivity index (χ1n) is 10.3. The van der Waals surface area contributed by atoms with E-state index >= 15 is 0 Å². The molecule has 0 saturated carbocycles. The third-order valence-corrected chi connectivity index (χ3v) is 7.01. The third-order valence-electron chi connectivity index (χ3n) is 5.98. The van der Waals surface area contributed by atoms with Crippen LogP contribution >= 0.6 is 11.8 Å². The monoisotopic (exact) mass is 421 g/mol. The van der Waals surface area contributed by atoms with E-state index in [1.54, 1.807) is 6.20 Å². The molecule has 6 heteroatoms. The van der Waals surface area contributed by atoms with Crippen molar-refractivity contribution in [3.63, 3.8) is 0 Å². The molecule has 3 aromatic rings. The van der Waals surface area contributed by atoms with Crippen LogP contribution < -0.4 is 5.32 Å². The Morgan fingerprint density at radius 1 is 1.23 bits per heavy atom.